The molecule has 35 heavy (non-hydrogen) atoms. The third-order valence-electron chi connectivity index (χ3n) is 4.88. The summed E-state index contributed by atoms with van der Waals surface area (Å²) in [5, 5.41) is 47.1. The smallest absolute Gasteiger partial charge is 0.200 e. The van der Waals surface area contributed by atoms with Crippen molar-refractivity contribution < 1.29 is 35.1 Å². The van der Waals surface area contributed by atoms with Crippen LogP contribution >= 0.6 is 0 Å². The number of methoxy groups -OCH3 is 1. The third kappa shape index (κ3) is 6.79. The predicted molar refractivity (Wildman–Crippen MR) is 133 cm³/mol. The largest absolute Gasteiger partial charge is 0.508 e. The van der Waals surface area contributed by atoms with Crippen molar-refractivity contribution in [2.45, 2.75) is 0 Å². The molecule has 0 aromatic heterocycles. The molecular formula is C28H24O7. The lowest BCUT2D eigenvalue weighted by Crippen LogP contribution is -2.02. The van der Waals surface area contributed by atoms with Crippen molar-refractivity contribution in [3.8, 4) is 34.5 Å². The van der Waals surface area contributed by atoms with E-state index >= 15 is 0 Å². The van der Waals surface area contributed by atoms with E-state index < -0.39 is 5.78 Å². The van der Waals surface area contributed by atoms with Gasteiger partial charge in [0.05, 0.1) is 18.2 Å². The highest BCUT2D eigenvalue weighted by atomic mass is 16.5. The molecule has 0 amide bonds. The first-order valence-corrected chi connectivity index (χ1v) is 10.5. The van der Waals surface area contributed by atoms with Crippen molar-refractivity contribution in [1.82, 2.24) is 0 Å². The number of benzene rings is 4. The second kappa shape index (κ2) is 11.3. The van der Waals surface area contributed by atoms with Crippen LogP contribution in [-0.4, -0.2) is 38.4 Å². The molecule has 5 N–H and O–H groups in total. The van der Waals surface area contributed by atoms with Crippen molar-refractivity contribution in [1.29, 1.82) is 0 Å². The number of para-hydroxylation sites is 1. The molecular weight excluding hydrogens is 448 g/mol. The molecule has 7 nitrogen and oxygen atoms in total. The lowest BCUT2D eigenvalue weighted by molar-refractivity contribution is 0.103. The molecule has 4 rings (SSSR count). The zero-order valence-electron chi connectivity index (χ0n) is 18.8. The number of phenols is 5. The van der Waals surface area contributed by atoms with Crippen LogP contribution in [0.1, 0.15) is 27.0 Å². The number of rotatable bonds is 5. The average molecular weight is 472 g/mol. The van der Waals surface area contributed by atoms with Crippen LogP contribution in [0.5, 0.6) is 34.5 Å². The normalized spacial score (nSPS) is 10.4. The summed E-state index contributed by atoms with van der Waals surface area (Å²) in [6, 6.07) is 21.7. The lowest BCUT2D eigenvalue weighted by Gasteiger charge is -2.07. The Bertz CT molecular complexity index is 1320. The van der Waals surface area contributed by atoms with Crippen molar-refractivity contribution in [3.63, 3.8) is 0 Å². The Morgan fingerprint density at radius 3 is 1.83 bits per heavy atom. The minimum Gasteiger partial charge on any atom is -0.508 e. The molecule has 4 aromatic carbocycles. The number of carbonyl (C=O) groups is 1. The van der Waals surface area contributed by atoms with E-state index in [-0.39, 0.29) is 39.9 Å². The van der Waals surface area contributed by atoms with E-state index in [9.17, 15) is 25.2 Å². The van der Waals surface area contributed by atoms with E-state index in [1.54, 1.807) is 60.7 Å². The molecule has 0 bridgehead atoms. The summed E-state index contributed by atoms with van der Waals surface area (Å²) in [6.45, 7) is 0. The molecule has 0 radical (unpaired) electrons. The molecule has 0 aliphatic rings. The topological polar surface area (TPSA) is 127 Å². The zero-order chi connectivity index (χ0) is 25.4. The lowest BCUT2D eigenvalue weighted by atomic mass is 10.0. The Morgan fingerprint density at radius 1 is 0.629 bits per heavy atom. The maximum atomic E-state index is 12.1. The summed E-state index contributed by atoms with van der Waals surface area (Å²) >= 11 is 0. The number of ketones is 1. The Kier molecular flexibility index (Phi) is 7.98. The summed E-state index contributed by atoms with van der Waals surface area (Å²) in [7, 11) is 1.47. The number of aromatic hydroxyl groups is 5. The summed E-state index contributed by atoms with van der Waals surface area (Å²) in [6.07, 6.45) is 3.60. The fourth-order valence-electron chi connectivity index (χ4n) is 3.13. The fraction of sp³-hybridized carbons (Fsp3) is 0.0357. The van der Waals surface area contributed by atoms with Crippen LogP contribution in [0.15, 0.2) is 84.9 Å². The van der Waals surface area contributed by atoms with Gasteiger partial charge in [-0.1, -0.05) is 36.4 Å². The van der Waals surface area contributed by atoms with Crippen molar-refractivity contribution in [2.24, 2.45) is 0 Å². The predicted octanol–water partition coefficient (Wildman–Crippen LogP) is 5.31. The molecule has 0 atom stereocenters. The van der Waals surface area contributed by atoms with Gasteiger partial charge in [-0.15, -0.1) is 0 Å². The highest BCUT2D eigenvalue weighted by Gasteiger charge is 2.16. The minimum absolute atomic E-state index is 0.0235. The zero-order valence-corrected chi connectivity index (χ0v) is 18.8. The van der Waals surface area contributed by atoms with Gasteiger partial charge < -0.3 is 30.3 Å². The number of hydrogen-bond acceptors (Lipinski definition) is 7. The van der Waals surface area contributed by atoms with Crippen LogP contribution in [0, 0.1) is 0 Å². The Labute approximate surface area is 202 Å². The number of carbonyl (C=O) groups excluding carboxylic acids is 1. The van der Waals surface area contributed by atoms with E-state index in [1.807, 2.05) is 6.08 Å². The van der Waals surface area contributed by atoms with Gasteiger partial charge in [0.1, 0.15) is 34.5 Å². The molecule has 0 heterocycles. The molecule has 4 aromatic rings. The second-order valence-electron chi connectivity index (χ2n) is 7.44. The van der Waals surface area contributed by atoms with Gasteiger partial charge in [-0.2, -0.15) is 0 Å². The van der Waals surface area contributed by atoms with Crippen molar-refractivity contribution in [3.05, 3.63) is 107 Å². The summed E-state index contributed by atoms with van der Waals surface area (Å²) in [5.74, 6) is -0.00206. The number of ether oxygens (including phenoxy) is 1. The van der Waals surface area contributed by atoms with Crippen LogP contribution in [-0.2, 0) is 0 Å². The molecule has 0 aliphatic heterocycles. The fourth-order valence-corrected chi connectivity index (χ4v) is 3.13. The maximum Gasteiger partial charge on any atom is 0.200 e. The van der Waals surface area contributed by atoms with Gasteiger partial charge in [0.2, 0.25) is 0 Å². The minimum atomic E-state index is -0.437. The van der Waals surface area contributed by atoms with Crippen LogP contribution in [0.3, 0.4) is 0 Å². The maximum absolute atomic E-state index is 12.1. The van der Waals surface area contributed by atoms with Gasteiger partial charge in [-0.3, -0.25) is 4.79 Å². The van der Waals surface area contributed by atoms with Gasteiger partial charge in [-0.05, 0) is 59.7 Å². The summed E-state index contributed by atoms with van der Waals surface area (Å²) < 4.78 is 4.94. The van der Waals surface area contributed by atoms with Crippen molar-refractivity contribution in [2.75, 3.05) is 7.11 Å². The van der Waals surface area contributed by atoms with Gasteiger partial charge >= 0.3 is 0 Å². The van der Waals surface area contributed by atoms with Crippen LogP contribution in [0.25, 0.3) is 12.2 Å². The van der Waals surface area contributed by atoms with Gasteiger partial charge in [0.15, 0.2) is 5.78 Å². The quantitative estimate of drug-likeness (QED) is 0.197. The van der Waals surface area contributed by atoms with Crippen LogP contribution in [0.2, 0.25) is 0 Å². The Morgan fingerprint density at radius 2 is 1.23 bits per heavy atom. The summed E-state index contributed by atoms with van der Waals surface area (Å²) in [4.78, 5) is 12.1. The van der Waals surface area contributed by atoms with Gasteiger partial charge in [0, 0.05) is 12.1 Å². The first-order valence-electron chi connectivity index (χ1n) is 10.5. The monoisotopic (exact) mass is 472 g/mol. The third-order valence-corrected chi connectivity index (χ3v) is 4.88. The molecule has 0 fully saturated rings. The molecule has 0 aliphatic carbocycles. The summed E-state index contributed by atoms with van der Waals surface area (Å²) in [5.41, 5.74) is 1.90. The molecule has 0 saturated carbocycles. The SMILES string of the molecule is COc1ccc(C(=O)c2ccccc2O)c(O)c1.Oc1ccc(C=Cc2cc(O)cc(O)c2)cc1. The molecule has 0 saturated heterocycles. The standard InChI is InChI=1S/C14H12O4.C14H12O3/c1-18-9-6-7-11(13(16)8-9)14(17)10-4-2-3-5-12(10)15;15-12-5-3-10(4-6-12)1-2-11-7-13(16)9-14(17)8-11/h2-8,15-16H,1H3;1-9,15-17H. The van der Waals surface area contributed by atoms with E-state index in [0.29, 0.717) is 11.3 Å². The Balaban J connectivity index is 0.000000196. The van der Waals surface area contributed by atoms with Gasteiger partial charge in [0.25, 0.3) is 0 Å². The highest BCUT2D eigenvalue weighted by molar-refractivity contribution is 6.12. The van der Waals surface area contributed by atoms with E-state index in [2.05, 4.69) is 0 Å². The van der Waals surface area contributed by atoms with Crippen LogP contribution < -0.4 is 4.74 Å². The first-order chi connectivity index (χ1) is 16.8. The van der Waals surface area contributed by atoms with Crippen LogP contribution in [0.4, 0.5) is 0 Å². The van der Waals surface area contributed by atoms with Crippen molar-refractivity contribution >= 4 is 17.9 Å². The average Bonchev–Trinajstić information content (AvgIpc) is 2.83. The molecule has 7 heteroatoms. The van der Waals surface area contributed by atoms with E-state index in [4.69, 9.17) is 9.84 Å². The number of hydrogen-bond donors (Lipinski definition) is 5. The first kappa shape index (κ1) is 24.7. The molecule has 0 spiro atoms. The van der Waals surface area contributed by atoms with Gasteiger partial charge in [-0.25, -0.2) is 0 Å². The number of phenolic OH excluding ortho intramolecular Hbond substituents is 5. The van der Waals surface area contributed by atoms with E-state index in [1.165, 1.54) is 37.4 Å². The second-order valence-corrected chi connectivity index (χ2v) is 7.44. The highest BCUT2D eigenvalue weighted by Crippen LogP contribution is 2.28. The molecule has 178 valence electrons. The molecule has 0 unspecified atom stereocenters. The van der Waals surface area contributed by atoms with E-state index in [0.717, 1.165) is 5.56 Å². The Hall–Kier alpha value is -4.91.